The van der Waals surface area contributed by atoms with Gasteiger partial charge in [-0.1, -0.05) is 0 Å². The summed E-state index contributed by atoms with van der Waals surface area (Å²) in [5.74, 6) is 0.0925. The van der Waals surface area contributed by atoms with Crippen LogP contribution in [-0.2, 0) is 6.42 Å². The SMILES string of the molecule is CC(=O)c1ccc2[nH]cc(CC(C)N)c2c1. The number of aromatic nitrogens is 1. The molecule has 0 aliphatic carbocycles. The average Bonchev–Trinajstić information content (AvgIpc) is 2.60. The van der Waals surface area contributed by atoms with Gasteiger partial charge in [0.2, 0.25) is 0 Å². The molecule has 0 saturated carbocycles. The first-order chi connectivity index (χ1) is 7.58. The second-order valence-corrected chi connectivity index (χ2v) is 4.31. The summed E-state index contributed by atoms with van der Waals surface area (Å²) in [5, 5.41) is 1.10. The third kappa shape index (κ3) is 1.99. The normalized spacial score (nSPS) is 12.9. The second-order valence-electron chi connectivity index (χ2n) is 4.31. The number of carbonyl (C=O) groups excluding carboxylic acids is 1. The maximum absolute atomic E-state index is 11.3. The molecule has 0 spiro atoms. The molecular weight excluding hydrogens is 200 g/mol. The number of carbonyl (C=O) groups is 1. The monoisotopic (exact) mass is 216 g/mol. The van der Waals surface area contributed by atoms with E-state index in [1.54, 1.807) is 6.92 Å². The van der Waals surface area contributed by atoms with Gasteiger partial charge in [0.25, 0.3) is 0 Å². The molecule has 3 nitrogen and oxygen atoms in total. The Labute approximate surface area is 94.6 Å². The molecule has 0 amide bonds. The van der Waals surface area contributed by atoms with E-state index in [4.69, 9.17) is 5.73 Å². The van der Waals surface area contributed by atoms with Gasteiger partial charge in [-0.05, 0) is 44.0 Å². The first-order valence-electron chi connectivity index (χ1n) is 5.44. The van der Waals surface area contributed by atoms with Crippen molar-refractivity contribution in [2.75, 3.05) is 0 Å². The highest BCUT2D eigenvalue weighted by molar-refractivity contribution is 5.98. The van der Waals surface area contributed by atoms with E-state index >= 15 is 0 Å². The molecule has 3 heteroatoms. The lowest BCUT2D eigenvalue weighted by atomic mass is 10.0. The number of nitrogens with one attached hydrogen (secondary N) is 1. The number of benzene rings is 1. The van der Waals surface area contributed by atoms with Gasteiger partial charge < -0.3 is 10.7 Å². The molecule has 1 aromatic heterocycles. The molecule has 1 atom stereocenters. The van der Waals surface area contributed by atoms with Gasteiger partial charge >= 0.3 is 0 Å². The summed E-state index contributed by atoms with van der Waals surface area (Å²) in [7, 11) is 0. The Morgan fingerprint density at radius 1 is 1.50 bits per heavy atom. The molecule has 2 rings (SSSR count). The van der Waals surface area contributed by atoms with Crippen molar-refractivity contribution in [3.8, 4) is 0 Å². The van der Waals surface area contributed by atoms with Crippen LogP contribution in [0.3, 0.4) is 0 Å². The number of fused-ring (bicyclic) bond motifs is 1. The highest BCUT2D eigenvalue weighted by Crippen LogP contribution is 2.21. The fourth-order valence-electron chi connectivity index (χ4n) is 1.91. The predicted octanol–water partition coefficient (Wildman–Crippen LogP) is 2.26. The van der Waals surface area contributed by atoms with Crippen molar-refractivity contribution in [3.05, 3.63) is 35.5 Å². The molecule has 1 unspecified atom stereocenters. The van der Waals surface area contributed by atoms with E-state index in [1.807, 2.05) is 31.3 Å². The third-order valence-corrected chi connectivity index (χ3v) is 2.72. The Bertz CT molecular complexity index is 526. The van der Waals surface area contributed by atoms with E-state index in [1.165, 1.54) is 5.56 Å². The smallest absolute Gasteiger partial charge is 0.159 e. The maximum Gasteiger partial charge on any atom is 0.159 e. The van der Waals surface area contributed by atoms with Crippen molar-refractivity contribution in [2.45, 2.75) is 26.3 Å². The summed E-state index contributed by atoms with van der Waals surface area (Å²) in [6.45, 7) is 3.56. The number of rotatable bonds is 3. The molecule has 1 aromatic carbocycles. The fraction of sp³-hybridized carbons (Fsp3) is 0.308. The lowest BCUT2D eigenvalue weighted by Crippen LogP contribution is -2.17. The van der Waals surface area contributed by atoms with Crippen LogP contribution < -0.4 is 5.73 Å². The van der Waals surface area contributed by atoms with E-state index in [0.29, 0.717) is 0 Å². The molecule has 0 saturated heterocycles. The number of hydrogen-bond donors (Lipinski definition) is 2. The van der Waals surface area contributed by atoms with Gasteiger partial charge in [0.05, 0.1) is 0 Å². The van der Waals surface area contributed by atoms with Crippen LogP contribution in [0.2, 0.25) is 0 Å². The topological polar surface area (TPSA) is 58.9 Å². The Hall–Kier alpha value is -1.61. The zero-order valence-corrected chi connectivity index (χ0v) is 9.58. The summed E-state index contributed by atoms with van der Waals surface area (Å²) in [6, 6.07) is 5.85. The molecular formula is C13H16N2O. The lowest BCUT2D eigenvalue weighted by molar-refractivity contribution is 0.101. The van der Waals surface area contributed by atoms with Crippen LogP contribution in [0.25, 0.3) is 10.9 Å². The Kier molecular flexibility index (Phi) is 2.79. The van der Waals surface area contributed by atoms with E-state index in [2.05, 4.69) is 4.98 Å². The number of aromatic amines is 1. The molecule has 0 aliphatic rings. The van der Waals surface area contributed by atoms with Gasteiger partial charge in [0, 0.05) is 28.7 Å². The largest absolute Gasteiger partial charge is 0.361 e. The minimum atomic E-state index is 0.0925. The van der Waals surface area contributed by atoms with E-state index < -0.39 is 0 Å². The highest BCUT2D eigenvalue weighted by atomic mass is 16.1. The Balaban J connectivity index is 2.51. The summed E-state index contributed by atoms with van der Waals surface area (Å²) < 4.78 is 0. The van der Waals surface area contributed by atoms with Crippen molar-refractivity contribution in [3.63, 3.8) is 0 Å². The zero-order valence-electron chi connectivity index (χ0n) is 9.58. The number of hydrogen-bond acceptors (Lipinski definition) is 2. The molecule has 3 N–H and O–H groups in total. The van der Waals surface area contributed by atoms with Crippen molar-refractivity contribution in [1.29, 1.82) is 0 Å². The van der Waals surface area contributed by atoms with Crippen LogP contribution in [0.5, 0.6) is 0 Å². The van der Waals surface area contributed by atoms with Gasteiger partial charge in [-0.2, -0.15) is 0 Å². The highest BCUT2D eigenvalue weighted by Gasteiger charge is 2.08. The summed E-state index contributed by atoms with van der Waals surface area (Å²) >= 11 is 0. The summed E-state index contributed by atoms with van der Waals surface area (Å²) in [4.78, 5) is 14.5. The average molecular weight is 216 g/mol. The fourth-order valence-corrected chi connectivity index (χ4v) is 1.91. The summed E-state index contributed by atoms with van der Waals surface area (Å²) in [5.41, 5.74) is 8.77. The second kappa shape index (κ2) is 4.10. The van der Waals surface area contributed by atoms with Crippen LogP contribution in [0.15, 0.2) is 24.4 Å². The maximum atomic E-state index is 11.3. The first-order valence-corrected chi connectivity index (χ1v) is 5.44. The number of H-pyrrole nitrogens is 1. The van der Waals surface area contributed by atoms with Crippen LogP contribution in [-0.4, -0.2) is 16.8 Å². The van der Waals surface area contributed by atoms with Crippen molar-refractivity contribution in [1.82, 2.24) is 4.98 Å². The van der Waals surface area contributed by atoms with Crippen molar-refractivity contribution >= 4 is 16.7 Å². The standard InChI is InChI=1S/C13H16N2O/c1-8(14)5-11-7-15-13-4-3-10(9(2)16)6-12(11)13/h3-4,6-8,15H,5,14H2,1-2H3. The summed E-state index contributed by atoms with van der Waals surface area (Å²) in [6.07, 6.45) is 2.79. The van der Waals surface area contributed by atoms with Gasteiger partial charge in [-0.15, -0.1) is 0 Å². The molecule has 2 aromatic rings. The van der Waals surface area contributed by atoms with Crippen LogP contribution in [0, 0.1) is 0 Å². The number of nitrogens with two attached hydrogens (primary N) is 1. The molecule has 0 fully saturated rings. The van der Waals surface area contributed by atoms with Gasteiger partial charge in [0.1, 0.15) is 0 Å². The van der Waals surface area contributed by atoms with Crippen LogP contribution in [0.4, 0.5) is 0 Å². The molecule has 0 aliphatic heterocycles. The van der Waals surface area contributed by atoms with Crippen molar-refractivity contribution in [2.24, 2.45) is 5.73 Å². The number of ketones is 1. The lowest BCUT2D eigenvalue weighted by Gasteiger charge is -2.03. The Morgan fingerprint density at radius 3 is 2.88 bits per heavy atom. The quantitative estimate of drug-likeness (QED) is 0.773. The van der Waals surface area contributed by atoms with Crippen LogP contribution in [0.1, 0.15) is 29.8 Å². The number of Topliss-reactive ketones (excluding diaryl/α,β-unsaturated/α-hetero) is 1. The third-order valence-electron chi connectivity index (χ3n) is 2.72. The van der Waals surface area contributed by atoms with Gasteiger partial charge in [-0.25, -0.2) is 0 Å². The van der Waals surface area contributed by atoms with Crippen LogP contribution >= 0.6 is 0 Å². The minimum absolute atomic E-state index is 0.0925. The Morgan fingerprint density at radius 2 is 2.25 bits per heavy atom. The molecule has 0 bridgehead atoms. The zero-order chi connectivity index (χ0) is 11.7. The van der Waals surface area contributed by atoms with E-state index in [-0.39, 0.29) is 11.8 Å². The van der Waals surface area contributed by atoms with Gasteiger partial charge in [-0.3, -0.25) is 4.79 Å². The van der Waals surface area contributed by atoms with E-state index in [9.17, 15) is 4.79 Å². The predicted molar refractivity (Wildman–Crippen MR) is 65.7 cm³/mol. The molecule has 84 valence electrons. The first kappa shape index (κ1) is 10.9. The van der Waals surface area contributed by atoms with Crippen molar-refractivity contribution < 1.29 is 4.79 Å². The molecule has 1 heterocycles. The molecule has 16 heavy (non-hydrogen) atoms. The minimum Gasteiger partial charge on any atom is -0.361 e. The molecule has 0 radical (unpaired) electrons. The van der Waals surface area contributed by atoms with Gasteiger partial charge in [0.15, 0.2) is 5.78 Å². The van der Waals surface area contributed by atoms with E-state index in [0.717, 1.165) is 22.9 Å².